The molecule has 0 N–H and O–H groups in total. The van der Waals surface area contributed by atoms with Crippen LogP contribution in [0.5, 0.6) is 0 Å². The number of hydrogen-bond acceptors (Lipinski definition) is 2. The topological polar surface area (TPSA) is 34.1 Å². The van der Waals surface area contributed by atoms with Gasteiger partial charge in [-0.25, -0.2) is 0 Å². The van der Waals surface area contributed by atoms with Gasteiger partial charge < -0.3 is 0 Å². The number of carbonyl (C=O) groups excluding carboxylic acids is 2. The molecule has 0 heterocycles. The Morgan fingerprint density at radius 2 is 0.875 bits per heavy atom. The number of benzene rings is 2. The zero-order valence-electron chi connectivity index (χ0n) is 8.74. The third kappa shape index (κ3) is 3.88. The first-order valence-electron chi connectivity index (χ1n) is 4.88. The summed E-state index contributed by atoms with van der Waals surface area (Å²) in [5, 5.41) is 0. The Morgan fingerprint density at radius 3 is 1.12 bits per heavy atom. The highest BCUT2D eigenvalue weighted by molar-refractivity contribution is 6.09. The van der Waals surface area contributed by atoms with Crippen molar-refractivity contribution in [3.05, 3.63) is 60.7 Å². The van der Waals surface area contributed by atoms with E-state index in [2.05, 4.69) is 48.5 Å². The Kier molecular flexibility index (Phi) is 5.28. The second kappa shape index (κ2) is 7.12. The van der Waals surface area contributed by atoms with Crippen LogP contribution in [0.15, 0.2) is 60.7 Å². The van der Waals surface area contributed by atoms with E-state index in [4.69, 9.17) is 9.59 Å². The van der Waals surface area contributed by atoms with Crippen LogP contribution in [0.4, 0.5) is 0 Å². The Hall–Kier alpha value is -2.22. The van der Waals surface area contributed by atoms with E-state index in [0.29, 0.717) is 0 Å². The molecule has 0 fully saturated rings. The third-order valence-corrected chi connectivity index (χ3v) is 1.94. The van der Waals surface area contributed by atoms with Crippen LogP contribution in [0, 0.1) is 0 Å². The lowest BCUT2D eigenvalue weighted by atomic mass is 10.1. The molecule has 0 aromatic heterocycles. The number of aldehydes is 2. The molecule has 0 unspecified atom stereocenters. The van der Waals surface area contributed by atoms with Gasteiger partial charge in [0.05, 0.1) is 0 Å². The van der Waals surface area contributed by atoms with Crippen LogP contribution in [0.3, 0.4) is 0 Å². The van der Waals surface area contributed by atoms with E-state index in [1.165, 1.54) is 11.1 Å². The van der Waals surface area contributed by atoms with Crippen molar-refractivity contribution in [2.24, 2.45) is 0 Å². The molecule has 0 atom stereocenters. The second-order valence-corrected chi connectivity index (χ2v) is 3.00. The maximum atomic E-state index is 8.81. The van der Waals surface area contributed by atoms with Crippen molar-refractivity contribution in [1.82, 2.24) is 0 Å². The highest BCUT2D eigenvalue weighted by Gasteiger charge is 1.91. The molecule has 0 saturated heterocycles. The molecule has 0 aliphatic heterocycles. The summed E-state index contributed by atoms with van der Waals surface area (Å²) in [5.74, 6) is 0. The molecule has 0 aliphatic rings. The average molecular weight is 212 g/mol. The van der Waals surface area contributed by atoms with Gasteiger partial charge in [0.2, 0.25) is 0 Å². The van der Waals surface area contributed by atoms with Crippen molar-refractivity contribution in [2.75, 3.05) is 0 Å². The molecule has 0 aliphatic carbocycles. The lowest BCUT2D eigenvalue weighted by Gasteiger charge is -1.98. The van der Waals surface area contributed by atoms with Gasteiger partial charge in [-0.2, -0.15) is 0 Å². The summed E-state index contributed by atoms with van der Waals surface area (Å²) in [4.78, 5) is 17.6. The van der Waals surface area contributed by atoms with Gasteiger partial charge in [-0.05, 0) is 11.1 Å². The van der Waals surface area contributed by atoms with Crippen molar-refractivity contribution in [3.8, 4) is 11.1 Å². The molecular weight excluding hydrogens is 200 g/mol. The predicted octanol–water partition coefficient (Wildman–Crippen LogP) is 2.74. The quantitative estimate of drug-likeness (QED) is 0.566. The fourth-order valence-corrected chi connectivity index (χ4v) is 1.26. The lowest BCUT2D eigenvalue weighted by molar-refractivity contribution is -0.122. The smallest absolute Gasteiger partial charge is 0.182 e. The summed E-state index contributed by atoms with van der Waals surface area (Å²) in [6.45, 7) is 0. The molecule has 2 nitrogen and oxygen atoms in total. The molecule has 2 rings (SSSR count). The van der Waals surface area contributed by atoms with E-state index in [1.54, 1.807) is 0 Å². The van der Waals surface area contributed by atoms with Gasteiger partial charge in [0.15, 0.2) is 12.6 Å². The van der Waals surface area contributed by atoms with Gasteiger partial charge in [0.25, 0.3) is 0 Å². The molecule has 2 aromatic carbocycles. The fourth-order valence-electron chi connectivity index (χ4n) is 1.26. The first-order chi connectivity index (χ1) is 7.88. The maximum absolute atomic E-state index is 8.81. The molecule has 0 radical (unpaired) electrons. The Labute approximate surface area is 94.5 Å². The lowest BCUT2D eigenvalue weighted by Crippen LogP contribution is -1.73. The van der Waals surface area contributed by atoms with Crippen LogP contribution >= 0.6 is 0 Å². The zero-order chi connectivity index (χ0) is 11.6. The minimum atomic E-state index is 0.194. The van der Waals surface area contributed by atoms with Gasteiger partial charge in [0.1, 0.15) is 0 Å². The van der Waals surface area contributed by atoms with Crippen LogP contribution in [0.1, 0.15) is 0 Å². The third-order valence-electron chi connectivity index (χ3n) is 1.94. The van der Waals surface area contributed by atoms with Crippen molar-refractivity contribution < 1.29 is 9.59 Å². The normalized spacial score (nSPS) is 8.50. The molecule has 80 valence electrons. The summed E-state index contributed by atoms with van der Waals surface area (Å²) in [6, 6.07) is 20.8. The zero-order valence-corrected chi connectivity index (χ0v) is 8.74. The minimum absolute atomic E-state index is 0.194. The average Bonchev–Trinajstić information content (AvgIpc) is 2.41. The van der Waals surface area contributed by atoms with Crippen molar-refractivity contribution in [1.29, 1.82) is 0 Å². The number of carbonyl (C=O) groups is 2. The Morgan fingerprint density at radius 1 is 0.562 bits per heavy atom. The van der Waals surface area contributed by atoms with Crippen LogP contribution in [0.2, 0.25) is 0 Å². The second-order valence-electron chi connectivity index (χ2n) is 3.00. The monoisotopic (exact) mass is 212 g/mol. The largest absolute Gasteiger partial charge is 0.295 e. The molecule has 0 amide bonds. The van der Waals surface area contributed by atoms with E-state index in [9.17, 15) is 0 Å². The van der Waals surface area contributed by atoms with Crippen LogP contribution in [-0.2, 0) is 9.59 Å². The predicted molar refractivity (Wildman–Crippen MR) is 64.0 cm³/mol. The van der Waals surface area contributed by atoms with E-state index >= 15 is 0 Å². The summed E-state index contributed by atoms with van der Waals surface area (Å²) in [6.07, 6.45) is 0.389. The highest BCUT2D eigenvalue weighted by atomic mass is 16.2. The first-order valence-corrected chi connectivity index (χ1v) is 4.88. The van der Waals surface area contributed by atoms with Crippen LogP contribution in [0.25, 0.3) is 11.1 Å². The van der Waals surface area contributed by atoms with E-state index in [0.717, 1.165) is 0 Å². The molecule has 0 spiro atoms. The van der Waals surface area contributed by atoms with Gasteiger partial charge >= 0.3 is 0 Å². The molecule has 0 saturated carbocycles. The van der Waals surface area contributed by atoms with Gasteiger partial charge in [-0.3, -0.25) is 9.59 Å². The van der Waals surface area contributed by atoms with Gasteiger partial charge in [-0.1, -0.05) is 60.7 Å². The number of hydrogen-bond donors (Lipinski definition) is 0. The highest BCUT2D eigenvalue weighted by Crippen LogP contribution is 2.17. The van der Waals surface area contributed by atoms with Crippen molar-refractivity contribution in [3.63, 3.8) is 0 Å². The van der Waals surface area contributed by atoms with Crippen LogP contribution < -0.4 is 0 Å². The standard InChI is InChI=1S/C12H10.C2H2O2/c1-3-7-11(8-4-1)12-9-5-2-6-10-12;3-1-2-4/h1-10H;1-2H. The van der Waals surface area contributed by atoms with E-state index in [-0.39, 0.29) is 12.6 Å². The van der Waals surface area contributed by atoms with Gasteiger partial charge in [-0.15, -0.1) is 0 Å². The van der Waals surface area contributed by atoms with E-state index < -0.39 is 0 Å². The fraction of sp³-hybridized carbons (Fsp3) is 0. The summed E-state index contributed by atoms with van der Waals surface area (Å²) in [5.41, 5.74) is 2.55. The van der Waals surface area contributed by atoms with E-state index in [1.807, 2.05) is 12.1 Å². The maximum Gasteiger partial charge on any atom is 0.182 e. The van der Waals surface area contributed by atoms with Crippen LogP contribution in [-0.4, -0.2) is 12.6 Å². The Balaban J connectivity index is 0.000000280. The number of rotatable bonds is 2. The summed E-state index contributed by atoms with van der Waals surface area (Å²) >= 11 is 0. The molecule has 2 aromatic rings. The molecular formula is C14H12O2. The van der Waals surface area contributed by atoms with Crippen molar-refractivity contribution in [2.45, 2.75) is 0 Å². The molecule has 0 bridgehead atoms. The van der Waals surface area contributed by atoms with Gasteiger partial charge in [0, 0.05) is 0 Å². The van der Waals surface area contributed by atoms with Crippen molar-refractivity contribution >= 4 is 12.6 Å². The SMILES string of the molecule is O=CC=O.c1ccc(-c2ccccc2)cc1. The molecule has 16 heavy (non-hydrogen) atoms. The minimum Gasteiger partial charge on any atom is -0.295 e. The summed E-state index contributed by atoms with van der Waals surface area (Å²) in [7, 11) is 0. The first kappa shape index (κ1) is 11.9. The Bertz CT molecular complexity index is 378. The molecule has 2 heteroatoms. The summed E-state index contributed by atoms with van der Waals surface area (Å²) < 4.78 is 0.